The second-order valence-electron chi connectivity index (χ2n) is 5.76. The molecule has 0 aliphatic carbocycles. The van der Waals surface area contributed by atoms with Gasteiger partial charge in [0.2, 0.25) is 6.41 Å². The average Bonchev–Trinajstić information content (AvgIpc) is 3.05. The highest BCUT2D eigenvalue weighted by Crippen LogP contribution is 2.27. The summed E-state index contributed by atoms with van der Waals surface area (Å²) in [6.07, 6.45) is 1.72. The van der Waals surface area contributed by atoms with E-state index in [-0.39, 0.29) is 4.90 Å². The van der Waals surface area contributed by atoms with E-state index in [0.717, 1.165) is 28.8 Å². The van der Waals surface area contributed by atoms with Gasteiger partial charge in [0.05, 0.1) is 16.3 Å². The van der Waals surface area contributed by atoms with Crippen molar-refractivity contribution in [2.75, 3.05) is 11.6 Å². The molecular weight excluding hydrogens is 352 g/mol. The van der Waals surface area contributed by atoms with Crippen LogP contribution in [0.15, 0.2) is 59.5 Å². The van der Waals surface area contributed by atoms with Crippen molar-refractivity contribution in [3.63, 3.8) is 0 Å². The Balaban J connectivity index is 2.09. The van der Waals surface area contributed by atoms with E-state index in [0.29, 0.717) is 18.8 Å². The Morgan fingerprint density at radius 1 is 1.12 bits per heavy atom. The molecule has 26 heavy (non-hydrogen) atoms. The molecule has 7 nitrogen and oxygen atoms in total. The zero-order chi connectivity index (χ0) is 18.7. The SMILES string of the molecule is CS(=O)(=O)c1ccc(-c2cc(NC=O)nn2-c2ccc(CN)cc2)cc1. The third-order valence-corrected chi connectivity index (χ3v) is 5.04. The van der Waals surface area contributed by atoms with Gasteiger partial charge in [-0.05, 0) is 29.8 Å². The van der Waals surface area contributed by atoms with Crippen molar-refractivity contribution in [3.8, 4) is 16.9 Å². The molecule has 1 aromatic heterocycles. The molecular formula is C18H18N4O3S. The fourth-order valence-corrected chi connectivity index (χ4v) is 3.19. The molecule has 2 aromatic carbocycles. The van der Waals surface area contributed by atoms with Gasteiger partial charge in [-0.15, -0.1) is 5.10 Å². The topological polar surface area (TPSA) is 107 Å². The highest BCUT2D eigenvalue weighted by atomic mass is 32.2. The summed E-state index contributed by atoms with van der Waals surface area (Å²) in [5.41, 5.74) is 8.91. The fraction of sp³-hybridized carbons (Fsp3) is 0.111. The maximum absolute atomic E-state index is 11.6. The van der Waals surface area contributed by atoms with Gasteiger partial charge in [-0.25, -0.2) is 13.1 Å². The molecule has 0 saturated heterocycles. The molecule has 0 bridgehead atoms. The van der Waals surface area contributed by atoms with Crippen molar-refractivity contribution >= 4 is 22.1 Å². The van der Waals surface area contributed by atoms with Crippen LogP contribution in [0.1, 0.15) is 5.56 Å². The molecule has 3 aromatic rings. The third kappa shape index (κ3) is 3.66. The largest absolute Gasteiger partial charge is 0.326 e. The Morgan fingerprint density at radius 2 is 1.77 bits per heavy atom. The lowest BCUT2D eigenvalue weighted by molar-refractivity contribution is -0.105. The number of rotatable bonds is 6. The predicted octanol–water partition coefficient (Wildman–Crippen LogP) is 1.97. The van der Waals surface area contributed by atoms with Crippen molar-refractivity contribution in [1.82, 2.24) is 9.78 Å². The van der Waals surface area contributed by atoms with E-state index in [1.807, 2.05) is 24.3 Å². The maximum Gasteiger partial charge on any atom is 0.212 e. The zero-order valence-corrected chi connectivity index (χ0v) is 14.9. The molecule has 8 heteroatoms. The van der Waals surface area contributed by atoms with Crippen LogP contribution < -0.4 is 11.1 Å². The van der Waals surface area contributed by atoms with Crippen LogP contribution in [0.3, 0.4) is 0 Å². The van der Waals surface area contributed by atoms with Gasteiger partial charge in [-0.1, -0.05) is 24.3 Å². The van der Waals surface area contributed by atoms with Crippen LogP contribution in [0.5, 0.6) is 0 Å². The Labute approximate surface area is 151 Å². The first-order valence-corrected chi connectivity index (χ1v) is 9.71. The monoisotopic (exact) mass is 370 g/mol. The predicted molar refractivity (Wildman–Crippen MR) is 99.7 cm³/mol. The number of aromatic nitrogens is 2. The van der Waals surface area contributed by atoms with Gasteiger partial charge in [0.15, 0.2) is 15.7 Å². The minimum absolute atomic E-state index is 0.242. The van der Waals surface area contributed by atoms with Crippen LogP contribution in [-0.2, 0) is 21.2 Å². The van der Waals surface area contributed by atoms with Crippen molar-refractivity contribution in [1.29, 1.82) is 0 Å². The van der Waals surface area contributed by atoms with Gasteiger partial charge >= 0.3 is 0 Å². The van der Waals surface area contributed by atoms with E-state index < -0.39 is 9.84 Å². The summed E-state index contributed by atoms with van der Waals surface area (Å²) in [7, 11) is -3.27. The Hall–Kier alpha value is -2.97. The van der Waals surface area contributed by atoms with E-state index in [4.69, 9.17) is 5.73 Å². The fourth-order valence-electron chi connectivity index (χ4n) is 2.56. The number of nitrogens with zero attached hydrogens (tertiary/aromatic N) is 2. The number of hydrogen-bond donors (Lipinski definition) is 2. The summed E-state index contributed by atoms with van der Waals surface area (Å²) in [5.74, 6) is 0.394. The molecule has 0 spiro atoms. The summed E-state index contributed by atoms with van der Waals surface area (Å²) in [5, 5.41) is 6.94. The van der Waals surface area contributed by atoms with E-state index >= 15 is 0 Å². The van der Waals surface area contributed by atoms with E-state index in [2.05, 4.69) is 10.4 Å². The molecule has 134 valence electrons. The number of hydrogen-bond acceptors (Lipinski definition) is 5. The summed E-state index contributed by atoms with van der Waals surface area (Å²) in [4.78, 5) is 11.0. The molecule has 1 heterocycles. The van der Waals surface area contributed by atoms with Crippen molar-refractivity contribution < 1.29 is 13.2 Å². The molecule has 0 fully saturated rings. The molecule has 3 rings (SSSR count). The maximum atomic E-state index is 11.6. The molecule has 1 amide bonds. The molecule has 0 aliphatic rings. The van der Waals surface area contributed by atoms with Gasteiger partial charge < -0.3 is 11.1 Å². The smallest absolute Gasteiger partial charge is 0.212 e. The first kappa shape index (κ1) is 17.8. The van der Waals surface area contributed by atoms with Crippen molar-refractivity contribution in [2.45, 2.75) is 11.4 Å². The lowest BCUT2D eigenvalue weighted by Gasteiger charge is -2.09. The van der Waals surface area contributed by atoms with Crippen LogP contribution in [0.2, 0.25) is 0 Å². The average molecular weight is 370 g/mol. The lowest BCUT2D eigenvalue weighted by atomic mass is 10.1. The van der Waals surface area contributed by atoms with Crippen molar-refractivity contribution in [2.24, 2.45) is 5.73 Å². The highest BCUT2D eigenvalue weighted by Gasteiger charge is 2.13. The van der Waals surface area contributed by atoms with Gasteiger partial charge in [0.25, 0.3) is 0 Å². The van der Waals surface area contributed by atoms with Crippen LogP contribution in [0.4, 0.5) is 5.82 Å². The second-order valence-corrected chi connectivity index (χ2v) is 7.77. The normalized spacial score (nSPS) is 11.3. The molecule has 0 atom stereocenters. The molecule has 0 unspecified atom stereocenters. The molecule has 0 radical (unpaired) electrons. The Bertz CT molecular complexity index is 1020. The van der Waals surface area contributed by atoms with E-state index in [9.17, 15) is 13.2 Å². The summed E-state index contributed by atoms with van der Waals surface area (Å²) in [6.45, 7) is 0.442. The minimum atomic E-state index is -3.27. The van der Waals surface area contributed by atoms with Gasteiger partial charge in [-0.2, -0.15) is 0 Å². The lowest BCUT2D eigenvalue weighted by Crippen LogP contribution is -2.02. The van der Waals surface area contributed by atoms with Crippen LogP contribution >= 0.6 is 0 Å². The van der Waals surface area contributed by atoms with Gasteiger partial charge in [0.1, 0.15) is 0 Å². The van der Waals surface area contributed by atoms with E-state index in [1.165, 1.54) is 0 Å². The Kier molecular flexibility index (Phi) is 4.88. The molecule has 3 N–H and O–H groups in total. The first-order chi connectivity index (χ1) is 12.4. The van der Waals surface area contributed by atoms with Gasteiger partial charge in [-0.3, -0.25) is 4.79 Å². The number of carbonyl (C=O) groups excluding carboxylic acids is 1. The number of nitrogens with one attached hydrogen (secondary N) is 1. The highest BCUT2D eigenvalue weighted by molar-refractivity contribution is 7.90. The van der Waals surface area contributed by atoms with Crippen molar-refractivity contribution in [3.05, 3.63) is 60.2 Å². The number of nitrogens with two attached hydrogens (primary N) is 1. The Morgan fingerprint density at radius 3 is 2.31 bits per heavy atom. The van der Waals surface area contributed by atoms with Gasteiger partial charge in [0, 0.05) is 24.4 Å². The van der Waals surface area contributed by atoms with Crippen LogP contribution in [0, 0.1) is 0 Å². The summed E-state index contributed by atoms with van der Waals surface area (Å²) in [6, 6.07) is 15.8. The number of carbonyl (C=O) groups is 1. The third-order valence-electron chi connectivity index (χ3n) is 3.91. The second kappa shape index (κ2) is 7.11. The zero-order valence-electron chi connectivity index (χ0n) is 14.1. The molecule has 0 saturated carbocycles. The quantitative estimate of drug-likeness (QED) is 0.645. The van der Waals surface area contributed by atoms with Crippen LogP contribution in [-0.4, -0.2) is 30.9 Å². The number of sulfone groups is 1. The van der Waals surface area contributed by atoms with Crippen LogP contribution in [0.25, 0.3) is 16.9 Å². The molecule has 0 aliphatic heterocycles. The number of benzene rings is 2. The number of anilines is 1. The summed E-state index contributed by atoms with van der Waals surface area (Å²) >= 11 is 0. The van der Waals surface area contributed by atoms with E-state index in [1.54, 1.807) is 35.0 Å². The minimum Gasteiger partial charge on any atom is -0.326 e. The first-order valence-electron chi connectivity index (χ1n) is 7.82. The summed E-state index contributed by atoms with van der Waals surface area (Å²) < 4.78 is 25.0. The number of amides is 1. The standard InChI is InChI=1S/C18H18N4O3S/c1-26(24,25)16-8-4-14(5-9-16)17-10-18(20-12-23)21-22(17)15-6-2-13(11-19)3-7-15/h2-10,12H,11,19H2,1H3,(H,20,21,23).